The van der Waals surface area contributed by atoms with E-state index in [4.69, 9.17) is 0 Å². The summed E-state index contributed by atoms with van der Waals surface area (Å²) < 4.78 is 61.3. The Morgan fingerprint density at radius 3 is 1.69 bits per heavy atom. The highest BCUT2D eigenvalue weighted by atomic mass is 19.2. The van der Waals surface area contributed by atoms with E-state index in [0.29, 0.717) is 34.6 Å². The van der Waals surface area contributed by atoms with Gasteiger partial charge >= 0.3 is 0 Å². The van der Waals surface area contributed by atoms with E-state index < -0.39 is 23.3 Å². The molecule has 49 heavy (non-hydrogen) atoms. The van der Waals surface area contributed by atoms with Crippen LogP contribution in [0.5, 0.6) is 0 Å². The standard InChI is InChI=1S/C45H58F4/c1-3-5-7-8-9-10-11-13-15-38-28-29-39(43(47)42(38)46)36-24-26-37(27-25-36)41-31-30-40(44(48)45(41)49)35-22-20-34(21-23-35)33-18-16-32(17-19-33)14-12-6-4-2/h4,6,24-35H,3,5,7-23H2,1-2H3. The smallest absolute Gasteiger partial charge is 0.166 e. The second-order valence-corrected chi connectivity index (χ2v) is 15.1. The van der Waals surface area contributed by atoms with Gasteiger partial charge in [-0.15, -0.1) is 0 Å². The van der Waals surface area contributed by atoms with E-state index in [1.807, 2.05) is 0 Å². The van der Waals surface area contributed by atoms with Crippen LogP contribution in [0.15, 0.2) is 60.7 Å². The molecular weight excluding hydrogens is 616 g/mol. The highest BCUT2D eigenvalue weighted by Crippen LogP contribution is 2.45. The molecule has 0 saturated heterocycles. The summed E-state index contributed by atoms with van der Waals surface area (Å²) in [6, 6.07) is 13.4. The van der Waals surface area contributed by atoms with Gasteiger partial charge in [0.05, 0.1) is 0 Å². The van der Waals surface area contributed by atoms with Crippen LogP contribution in [0.2, 0.25) is 0 Å². The largest absolute Gasteiger partial charge is 0.203 e. The van der Waals surface area contributed by atoms with E-state index in [2.05, 4.69) is 26.0 Å². The summed E-state index contributed by atoms with van der Waals surface area (Å²) in [5.74, 6) is -0.801. The third-order valence-corrected chi connectivity index (χ3v) is 11.8. The van der Waals surface area contributed by atoms with Gasteiger partial charge in [0.15, 0.2) is 23.3 Å². The Balaban J connectivity index is 1.14. The van der Waals surface area contributed by atoms with Crippen LogP contribution in [0, 0.1) is 41.0 Å². The number of hydrogen-bond donors (Lipinski definition) is 0. The first-order valence-electron chi connectivity index (χ1n) is 19.6. The molecule has 2 fully saturated rings. The van der Waals surface area contributed by atoms with Crippen LogP contribution in [0.3, 0.4) is 0 Å². The molecule has 0 nitrogen and oxygen atoms in total. The van der Waals surface area contributed by atoms with Crippen LogP contribution in [-0.2, 0) is 6.42 Å². The maximum Gasteiger partial charge on any atom is 0.166 e. The summed E-state index contributed by atoms with van der Waals surface area (Å²) >= 11 is 0. The molecule has 0 unspecified atom stereocenters. The molecule has 0 radical (unpaired) electrons. The maximum absolute atomic E-state index is 15.6. The van der Waals surface area contributed by atoms with Crippen molar-refractivity contribution in [1.82, 2.24) is 0 Å². The Bertz CT molecular complexity index is 1470. The lowest BCUT2D eigenvalue weighted by Crippen LogP contribution is -2.25. The van der Waals surface area contributed by atoms with E-state index in [1.54, 1.807) is 48.5 Å². The molecule has 0 bridgehead atoms. The van der Waals surface area contributed by atoms with Gasteiger partial charge < -0.3 is 0 Å². The van der Waals surface area contributed by atoms with Crippen LogP contribution >= 0.6 is 0 Å². The van der Waals surface area contributed by atoms with E-state index in [1.165, 1.54) is 70.6 Å². The van der Waals surface area contributed by atoms with Crippen molar-refractivity contribution in [2.75, 3.05) is 0 Å². The molecule has 4 heteroatoms. The van der Waals surface area contributed by atoms with Gasteiger partial charge in [0.2, 0.25) is 0 Å². The van der Waals surface area contributed by atoms with E-state index in [9.17, 15) is 0 Å². The van der Waals surface area contributed by atoms with Crippen LogP contribution in [0.1, 0.15) is 146 Å². The SMILES string of the molecule is CC=CCCC1CCC(C2CCC(c3ccc(-c4ccc(-c5ccc(CCCCCCCCCC)c(F)c5F)cc4)c(F)c3F)CC2)CC1. The van der Waals surface area contributed by atoms with E-state index >= 15 is 17.6 Å². The summed E-state index contributed by atoms with van der Waals surface area (Å²) in [6.45, 7) is 4.30. The molecule has 2 aliphatic rings. The fourth-order valence-corrected chi connectivity index (χ4v) is 8.74. The number of unbranched alkanes of at least 4 members (excludes halogenated alkanes) is 7. The molecule has 0 spiro atoms. The average Bonchev–Trinajstić information content (AvgIpc) is 3.13. The van der Waals surface area contributed by atoms with Gasteiger partial charge in [0.1, 0.15) is 0 Å². The maximum atomic E-state index is 15.6. The molecule has 3 aromatic carbocycles. The van der Waals surface area contributed by atoms with E-state index in [-0.39, 0.29) is 17.0 Å². The van der Waals surface area contributed by atoms with Gasteiger partial charge in [-0.25, -0.2) is 17.6 Å². The molecule has 3 aromatic rings. The molecule has 266 valence electrons. The van der Waals surface area contributed by atoms with Crippen molar-refractivity contribution >= 4 is 0 Å². The van der Waals surface area contributed by atoms with Crippen molar-refractivity contribution in [3.05, 3.63) is 95.1 Å². The van der Waals surface area contributed by atoms with Gasteiger partial charge in [0, 0.05) is 11.1 Å². The molecule has 0 N–H and O–H groups in total. The van der Waals surface area contributed by atoms with Crippen molar-refractivity contribution in [2.24, 2.45) is 17.8 Å². The van der Waals surface area contributed by atoms with Gasteiger partial charge in [-0.3, -0.25) is 0 Å². The zero-order valence-electron chi connectivity index (χ0n) is 30.0. The van der Waals surface area contributed by atoms with Crippen LogP contribution in [-0.4, -0.2) is 0 Å². The van der Waals surface area contributed by atoms with Gasteiger partial charge in [-0.2, -0.15) is 0 Å². The number of allylic oxidation sites excluding steroid dienone is 2. The van der Waals surface area contributed by atoms with Crippen LogP contribution < -0.4 is 0 Å². The molecule has 2 saturated carbocycles. The fraction of sp³-hybridized carbons (Fsp3) is 0.556. The Hall–Kier alpha value is -2.88. The Labute approximate surface area is 293 Å². The third kappa shape index (κ3) is 9.89. The minimum atomic E-state index is -0.853. The molecule has 0 aliphatic heterocycles. The van der Waals surface area contributed by atoms with Gasteiger partial charge in [0.25, 0.3) is 0 Å². The van der Waals surface area contributed by atoms with Crippen molar-refractivity contribution in [3.63, 3.8) is 0 Å². The van der Waals surface area contributed by atoms with Crippen molar-refractivity contribution in [3.8, 4) is 22.3 Å². The molecule has 0 aromatic heterocycles. The number of aryl methyl sites for hydroxylation is 1. The second-order valence-electron chi connectivity index (χ2n) is 15.1. The predicted octanol–water partition coefficient (Wildman–Crippen LogP) is 14.7. The Morgan fingerprint density at radius 2 is 1.10 bits per heavy atom. The number of benzene rings is 3. The summed E-state index contributed by atoms with van der Waals surface area (Å²) in [7, 11) is 0. The Morgan fingerprint density at radius 1 is 0.571 bits per heavy atom. The first-order valence-corrected chi connectivity index (χ1v) is 19.6. The number of halogens is 4. The highest BCUT2D eigenvalue weighted by Gasteiger charge is 2.32. The first-order chi connectivity index (χ1) is 23.9. The van der Waals surface area contributed by atoms with Crippen molar-refractivity contribution in [1.29, 1.82) is 0 Å². The van der Waals surface area contributed by atoms with Crippen LogP contribution in [0.25, 0.3) is 22.3 Å². The third-order valence-electron chi connectivity index (χ3n) is 11.8. The number of rotatable bonds is 16. The summed E-state index contributed by atoms with van der Waals surface area (Å²) in [5, 5.41) is 0. The van der Waals surface area contributed by atoms with Gasteiger partial charge in [-0.05, 0) is 117 Å². The van der Waals surface area contributed by atoms with Crippen molar-refractivity contribution in [2.45, 2.75) is 142 Å². The fourth-order valence-electron chi connectivity index (χ4n) is 8.74. The monoisotopic (exact) mass is 674 g/mol. The molecule has 0 atom stereocenters. The van der Waals surface area contributed by atoms with Crippen LogP contribution in [0.4, 0.5) is 17.6 Å². The summed E-state index contributed by atoms with van der Waals surface area (Å²) in [5.41, 5.74) is 2.31. The topological polar surface area (TPSA) is 0 Å². The van der Waals surface area contributed by atoms with E-state index in [0.717, 1.165) is 56.8 Å². The lowest BCUT2D eigenvalue weighted by atomic mass is 9.68. The molecule has 0 amide bonds. The lowest BCUT2D eigenvalue weighted by Gasteiger charge is -2.38. The molecule has 2 aliphatic carbocycles. The molecular formula is C45H58F4. The predicted molar refractivity (Wildman–Crippen MR) is 198 cm³/mol. The quantitative estimate of drug-likeness (QED) is 0.0806. The Kier molecular flexibility index (Phi) is 14.4. The minimum absolute atomic E-state index is 0.0516. The van der Waals surface area contributed by atoms with Crippen molar-refractivity contribution < 1.29 is 17.6 Å². The van der Waals surface area contributed by atoms with Gasteiger partial charge in [-0.1, -0.05) is 125 Å². The summed E-state index contributed by atoms with van der Waals surface area (Å²) in [6.07, 6.45) is 26.0. The number of hydrogen-bond acceptors (Lipinski definition) is 0. The summed E-state index contributed by atoms with van der Waals surface area (Å²) in [4.78, 5) is 0. The first kappa shape index (κ1) is 37.4. The minimum Gasteiger partial charge on any atom is -0.203 e. The zero-order chi connectivity index (χ0) is 34.6. The zero-order valence-corrected chi connectivity index (χ0v) is 30.0. The average molecular weight is 675 g/mol. The molecule has 0 heterocycles. The molecule has 5 rings (SSSR count). The normalized spacial score (nSPS) is 21.4. The second kappa shape index (κ2) is 18.9. The lowest BCUT2D eigenvalue weighted by molar-refractivity contribution is 0.156. The highest BCUT2D eigenvalue weighted by molar-refractivity contribution is 5.71.